The maximum atomic E-state index is 13.2. The third-order valence-corrected chi connectivity index (χ3v) is 6.50. The summed E-state index contributed by atoms with van der Waals surface area (Å²) in [6.07, 6.45) is 4.38. The number of hydrogen-bond acceptors (Lipinski definition) is 8. The van der Waals surface area contributed by atoms with Crippen LogP contribution in [0.15, 0.2) is 36.7 Å². The molecule has 1 atom stereocenters. The monoisotopic (exact) mass is 461 g/mol. The lowest BCUT2D eigenvalue weighted by Gasteiger charge is -2.19. The molecule has 0 aromatic carbocycles. The molecule has 3 aromatic heterocycles. The fourth-order valence-corrected chi connectivity index (χ4v) is 4.64. The van der Waals surface area contributed by atoms with Crippen LogP contribution in [-0.4, -0.2) is 59.9 Å². The van der Waals surface area contributed by atoms with Gasteiger partial charge in [0.15, 0.2) is 5.75 Å². The summed E-state index contributed by atoms with van der Waals surface area (Å²) in [6.45, 7) is 4.17. The highest BCUT2D eigenvalue weighted by Crippen LogP contribution is 2.34. The number of carbonyl (C=O) groups is 1. The number of pyridine rings is 3. The Bertz CT molecular complexity index is 1230. The van der Waals surface area contributed by atoms with Gasteiger partial charge in [0.2, 0.25) is 0 Å². The lowest BCUT2D eigenvalue weighted by Crippen LogP contribution is -2.24. The molecule has 0 spiro atoms. The average Bonchev–Trinajstić information content (AvgIpc) is 3.48. The van der Waals surface area contributed by atoms with Gasteiger partial charge in [-0.3, -0.25) is 9.78 Å². The van der Waals surface area contributed by atoms with Gasteiger partial charge in [-0.1, -0.05) is 0 Å². The van der Waals surface area contributed by atoms with Crippen molar-refractivity contribution in [1.82, 2.24) is 15.0 Å². The first kappa shape index (κ1) is 22.1. The van der Waals surface area contributed by atoms with Crippen LogP contribution >= 0.6 is 0 Å². The Morgan fingerprint density at radius 1 is 1.15 bits per heavy atom. The molecule has 9 nitrogen and oxygen atoms in total. The Morgan fingerprint density at radius 3 is 2.68 bits per heavy atom. The first-order valence-corrected chi connectivity index (χ1v) is 11.2. The third kappa shape index (κ3) is 3.81. The summed E-state index contributed by atoms with van der Waals surface area (Å²) in [5.41, 5.74) is 4.46. The van der Waals surface area contributed by atoms with Crippen molar-refractivity contribution >= 4 is 17.4 Å². The summed E-state index contributed by atoms with van der Waals surface area (Å²) in [7, 11) is 3.11. The van der Waals surface area contributed by atoms with Crippen LogP contribution in [0.5, 0.6) is 11.6 Å². The smallest absolute Gasteiger partial charge is 0.260 e. The summed E-state index contributed by atoms with van der Waals surface area (Å²) in [4.78, 5) is 30.8. The normalized spacial score (nSPS) is 17.3. The minimum atomic E-state index is -0.0759. The van der Waals surface area contributed by atoms with Crippen LogP contribution in [0.4, 0.5) is 11.5 Å². The number of anilines is 2. The number of nitrogens with zero attached hydrogens (tertiary/aromatic N) is 5. The van der Waals surface area contributed by atoms with Crippen LogP contribution in [0.3, 0.4) is 0 Å². The molecule has 0 saturated carbocycles. The lowest BCUT2D eigenvalue weighted by atomic mass is 10.0. The fourth-order valence-electron chi connectivity index (χ4n) is 4.64. The molecule has 176 valence electrons. The van der Waals surface area contributed by atoms with Gasteiger partial charge in [0.05, 0.1) is 49.6 Å². The van der Waals surface area contributed by atoms with Gasteiger partial charge in [-0.25, -0.2) is 9.97 Å². The predicted molar refractivity (Wildman–Crippen MR) is 127 cm³/mol. The van der Waals surface area contributed by atoms with Gasteiger partial charge >= 0.3 is 0 Å². The Morgan fingerprint density at radius 2 is 2.00 bits per heavy atom. The third-order valence-electron chi connectivity index (χ3n) is 6.50. The zero-order valence-corrected chi connectivity index (χ0v) is 19.5. The molecule has 1 unspecified atom stereocenters. The number of fused-ring (bicyclic) bond motifs is 1. The molecule has 34 heavy (non-hydrogen) atoms. The number of carbonyl (C=O) groups excluding carboxylic acids is 1. The Hall–Kier alpha value is -3.72. The highest BCUT2D eigenvalue weighted by Gasteiger charge is 2.32. The van der Waals surface area contributed by atoms with E-state index in [0.717, 1.165) is 53.5 Å². The maximum absolute atomic E-state index is 13.2. The van der Waals surface area contributed by atoms with Gasteiger partial charge in [-0.2, -0.15) is 0 Å². The van der Waals surface area contributed by atoms with Crippen LogP contribution in [0.2, 0.25) is 0 Å². The average molecular weight is 462 g/mol. The number of amides is 1. The summed E-state index contributed by atoms with van der Waals surface area (Å²) in [5.74, 6) is 2.00. The molecular formula is C25H27N5O4. The van der Waals surface area contributed by atoms with E-state index >= 15 is 0 Å². The van der Waals surface area contributed by atoms with Crippen LogP contribution in [0, 0.1) is 12.8 Å². The standard InChI is InChI=1S/C25H27N5O4/c1-15-8-19(17-9-21(33-2)24(34-3)27-10-17)28-20-13-30(25(32)23(15)20)18-4-5-22(26-11-18)29-7-6-16(12-29)14-31/h4-5,8-11,16,31H,6-7,12-14H2,1-3H3. The van der Waals surface area contributed by atoms with E-state index in [4.69, 9.17) is 14.5 Å². The number of aryl methyl sites for hydroxylation is 1. The van der Waals surface area contributed by atoms with E-state index in [2.05, 4.69) is 14.9 Å². The van der Waals surface area contributed by atoms with Crippen molar-refractivity contribution < 1.29 is 19.4 Å². The van der Waals surface area contributed by atoms with Crippen LogP contribution in [0.1, 0.15) is 28.0 Å². The number of aliphatic hydroxyl groups is 1. The zero-order chi connectivity index (χ0) is 23.8. The Labute approximate surface area is 198 Å². The first-order chi connectivity index (χ1) is 16.5. The van der Waals surface area contributed by atoms with Gasteiger partial charge in [0.1, 0.15) is 5.82 Å². The molecule has 1 amide bonds. The molecule has 9 heteroatoms. The number of hydrogen-bond donors (Lipinski definition) is 1. The summed E-state index contributed by atoms with van der Waals surface area (Å²) < 4.78 is 10.6. The minimum absolute atomic E-state index is 0.0759. The molecule has 0 aliphatic carbocycles. The molecule has 0 radical (unpaired) electrons. The molecule has 1 fully saturated rings. The number of rotatable bonds is 6. The number of aliphatic hydroxyl groups excluding tert-OH is 1. The highest BCUT2D eigenvalue weighted by molar-refractivity contribution is 6.10. The quantitative estimate of drug-likeness (QED) is 0.598. The highest BCUT2D eigenvalue weighted by atomic mass is 16.5. The van der Waals surface area contributed by atoms with E-state index < -0.39 is 0 Å². The van der Waals surface area contributed by atoms with Gasteiger partial charge in [0, 0.05) is 37.4 Å². The lowest BCUT2D eigenvalue weighted by molar-refractivity contribution is 0.0996. The van der Waals surface area contributed by atoms with Gasteiger partial charge in [-0.15, -0.1) is 0 Å². The van der Waals surface area contributed by atoms with E-state index in [1.165, 1.54) is 0 Å². The van der Waals surface area contributed by atoms with Crippen molar-refractivity contribution in [3.8, 4) is 22.9 Å². The molecule has 2 aliphatic heterocycles. The van der Waals surface area contributed by atoms with E-state index in [1.54, 1.807) is 31.5 Å². The largest absolute Gasteiger partial charge is 0.491 e. The van der Waals surface area contributed by atoms with Crippen molar-refractivity contribution in [2.24, 2.45) is 5.92 Å². The Balaban J connectivity index is 1.40. The minimum Gasteiger partial charge on any atom is -0.491 e. The molecule has 5 heterocycles. The molecule has 0 bridgehead atoms. The van der Waals surface area contributed by atoms with Crippen molar-refractivity contribution in [3.63, 3.8) is 0 Å². The maximum Gasteiger partial charge on any atom is 0.260 e. The second-order valence-corrected chi connectivity index (χ2v) is 8.63. The van der Waals surface area contributed by atoms with E-state index in [-0.39, 0.29) is 12.5 Å². The van der Waals surface area contributed by atoms with Crippen LogP contribution in [0.25, 0.3) is 11.3 Å². The van der Waals surface area contributed by atoms with Crippen molar-refractivity contribution in [2.75, 3.05) is 43.7 Å². The topological polar surface area (TPSA) is 101 Å². The van der Waals surface area contributed by atoms with Crippen LogP contribution in [-0.2, 0) is 6.54 Å². The summed E-state index contributed by atoms with van der Waals surface area (Å²) in [6, 6.07) is 7.59. The van der Waals surface area contributed by atoms with Crippen molar-refractivity contribution in [3.05, 3.63) is 53.5 Å². The molecule has 2 aliphatic rings. The van der Waals surface area contributed by atoms with Crippen molar-refractivity contribution in [2.45, 2.75) is 19.9 Å². The second kappa shape index (κ2) is 8.90. The summed E-state index contributed by atoms with van der Waals surface area (Å²) >= 11 is 0. The number of ether oxygens (including phenoxy) is 2. The predicted octanol–water partition coefficient (Wildman–Crippen LogP) is 2.84. The van der Waals surface area contributed by atoms with E-state index in [0.29, 0.717) is 29.7 Å². The first-order valence-electron chi connectivity index (χ1n) is 11.2. The molecule has 1 N–H and O–H groups in total. The zero-order valence-electron chi connectivity index (χ0n) is 19.5. The second-order valence-electron chi connectivity index (χ2n) is 8.63. The molecule has 5 rings (SSSR count). The van der Waals surface area contributed by atoms with Crippen LogP contribution < -0.4 is 19.3 Å². The Kier molecular flexibility index (Phi) is 5.79. The SMILES string of the molecule is COc1cc(-c2cc(C)c3c(n2)CN(c2ccc(N4CCC(CO)C4)nc2)C3=O)cnc1OC. The molecule has 1 saturated heterocycles. The number of methoxy groups -OCH3 is 2. The summed E-state index contributed by atoms with van der Waals surface area (Å²) in [5, 5.41) is 9.39. The molecular weight excluding hydrogens is 434 g/mol. The van der Waals surface area contributed by atoms with Gasteiger partial charge < -0.3 is 24.4 Å². The molecule has 3 aromatic rings. The number of aromatic nitrogens is 3. The van der Waals surface area contributed by atoms with E-state index in [1.807, 2.05) is 31.2 Å². The van der Waals surface area contributed by atoms with Gasteiger partial charge in [-0.05, 0) is 43.2 Å². The van der Waals surface area contributed by atoms with Gasteiger partial charge in [0.25, 0.3) is 11.8 Å². The van der Waals surface area contributed by atoms with E-state index in [9.17, 15) is 9.90 Å². The fraction of sp³-hybridized carbons (Fsp3) is 0.360. The van der Waals surface area contributed by atoms with Crippen molar-refractivity contribution in [1.29, 1.82) is 0 Å².